The third-order valence-electron chi connectivity index (χ3n) is 2.44. The number of carbonyl (C=O) groups is 1. The van der Waals surface area contributed by atoms with Gasteiger partial charge in [-0.1, -0.05) is 25.5 Å². The van der Waals surface area contributed by atoms with Crippen LogP contribution in [0.1, 0.15) is 25.3 Å². The molecule has 1 aromatic carbocycles. The van der Waals surface area contributed by atoms with Crippen molar-refractivity contribution in [1.82, 2.24) is 0 Å². The van der Waals surface area contributed by atoms with Gasteiger partial charge in [-0.25, -0.2) is 0 Å². The normalized spacial score (nSPS) is 12.2. The van der Waals surface area contributed by atoms with Crippen molar-refractivity contribution in [3.8, 4) is 0 Å². The summed E-state index contributed by atoms with van der Waals surface area (Å²) in [6.45, 7) is 2.51. The lowest BCUT2D eigenvalue weighted by atomic mass is 10.1. The van der Waals surface area contributed by atoms with Gasteiger partial charge in [-0.05, 0) is 30.5 Å². The number of benzene rings is 1. The Bertz CT molecular complexity index is 351. The van der Waals surface area contributed by atoms with Crippen molar-refractivity contribution in [2.45, 2.75) is 37.1 Å². The third-order valence-corrected chi connectivity index (χ3v) is 2.74. The Hall–Kier alpha value is -1.00. The lowest BCUT2D eigenvalue weighted by Gasteiger charge is -2.11. The third kappa shape index (κ3) is 5.24. The summed E-state index contributed by atoms with van der Waals surface area (Å²) in [5.74, 6) is -0.326. The van der Waals surface area contributed by atoms with Crippen LogP contribution in [0.15, 0.2) is 29.2 Å². The van der Waals surface area contributed by atoms with Gasteiger partial charge < -0.3 is 10.5 Å². The second-order valence-electron chi connectivity index (χ2n) is 4.00. The van der Waals surface area contributed by atoms with Crippen molar-refractivity contribution >= 4 is 18.6 Å². The van der Waals surface area contributed by atoms with E-state index in [0.29, 0.717) is 13.0 Å². The maximum absolute atomic E-state index is 11.5. The summed E-state index contributed by atoms with van der Waals surface area (Å²) in [5.41, 5.74) is 6.79. The number of unbranched alkanes of at least 4 members (excludes halogenated alkanes) is 1. The smallest absolute Gasteiger partial charge is 0.323 e. The molecule has 0 saturated heterocycles. The van der Waals surface area contributed by atoms with Gasteiger partial charge in [0, 0.05) is 4.90 Å². The summed E-state index contributed by atoms with van der Waals surface area (Å²) in [5, 5.41) is 0. The highest BCUT2D eigenvalue weighted by Gasteiger charge is 2.15. The molecule has 0 aliphatic heterocycles. The number of ether oxygens (including phenoxy) is 1. The molecule has 0 heterocycles. The van der Waals surface area contributed by atoms with Gasteiger partial charge in [-0.3, -0.25) is 4.79 Å². The fraction of sp³-hybridized carbons (Fsp3) is 0.462. The van der Waals surface area contributed by atoms with Crippen LogP contribution in [0.2, 0.25) is 0 Å². The van der Waals surface area contributed by atoms with E-state index in [2.05, 4.69) is 12.6 Å². The van der Waals surface area contributed by atoms with Crippen LogP contribution in [0.4, 0.5) is 0 Å². The van der Waals surface area contributed by atoms with E-state index in [-0.39, 0.29) is 5.97 Å². The van der Waals surface area contributed by atoms with E-state index in [4.69, 9.17) is 10.5 Å². The first-order valence-corrected chi connectivity index (χ1v) is 6.28. The van der Waals surface area contributed by atoms with Crippen LogP contribution >= 0.6 is 12.6 Å². The first-order valence-electron chi connectivity index (χ1n) is 5.83. The van der Waals surface area contributed by atoms with Crippen molar-refractivity contribution in [2.24, 2.45) is 5.73 Å². The Morgan fingerprint density at radius 3 is 2.65 bits per heavy atom. The highest BCUT2D eigenvalue weighted by molar-refractivity contribution is 7.80. The minimum absolute atomic E-state index is 0.326. The lowest BCUT2D eigenvalue weighted by Crippen LogP contribution is -2.34. The Labute approximate surface area is 108 Å². The molecule has 3 nitrogen and oxygen atoms in total. The van der Waals surface area contributed by atoms with Crippen molar-refractivity contribution in [3.05, 3.63) is 29.8 Å². The van der Waals surface area contributed by atoms with Gasteiger partial charge in [-0.15, -0.1) is 12.6 Å². The van der Waals surface area contributed by atoms with Gasteiger partial charge in [0.1, 0.15) is 6.04 Å². The summed E-state index contributed by atoms with van der Waals surface area (Å²) < 4.78 is 5.06. The van der Waals surface area contributed by atoms with Gasteiger partial charge in [0.25, 0.3) is 0 Å². The quantitative estimate of drug-likeness (QED) is 0.464. The molecule has 0 amide bonds. The first-order chi connectivity index (χ1) is 8.13. The maximum atomic E-state index is 11.5. The topological polar surface area (TPSA) is 52.3 Å². The predicted molar refractivity (Wildman–Crippen MR) is 71.2 cm³/mol. The highest BCUT2D eigenvalue weighted by atomic mass is 32.1. The Morgan fingerprint density at radius 2 is 2.06 bits per heavy atom. The van der Waals surface area contributed by atoms with Crippen LogP contribution in [0.3, 0.4) is 0 Å². The molecule has 1 rings (SSSR count). The van der Waals surface area contributed by atoms with Gasteiger partial charge in [0.2, 0.25) is 0 Å². The number of carbonyl (C=O) groups excluding carboxylic acids is 1. The number of esters is 1. The Kier molecular flexibility index (Phi) is 6.08. The molecule has 0 spiro atoms. The summed E-state index contributed by atoms with van der Waals surface area (Å²) in [6.07, 6.45) is 2.39. The highest BCUT2D eigenvalue weighted by Crippen LogP contribution is 2.09. The minimum Gasteiger partial charge on any atom is -0.465 e. The number of hydrogen-bond acceptors (Lipinski definition) is 4. The van der Waals surface area contributed by atoms with Gasteiger partial charge >= 0.3 is 5.97 Å². The van der Waals surface area contributed by atoms with Crippen LogP contribution in [0.5, 0.6) is 0 Å². The largest absolute Gasteiger partial charge is 0.465 e. The molecule has 0 fully saturated rings. The zero-order valence-electron chi connectivity index (χ0n) is 10.1. The second-order valence-corrected chi connectivity index (χ2v) is 4.51. The molecule has 4 heteroatoms. The molecule has 0 saturated carbocycles. The zero-order chi connectivity index (χ0) is 12.7. The number of thiol groups is 1. The standard InChI is InChI=1S/C13H19NO2S/c1-2-3-8-16-13(15)12(14)9-10-4-6-11(17)7-5-10/h4-7,12,17H,2-3,8-9,14H2,1H3/t12-/m0/s1. The summed E-state index contributed by atoms with van der Waals surface area (Å²) in [4.78, 5) is 12.4. The summed E-state index contributed by atoms with van der Waals surface area (Å²) in [6, 6.07) is 7.02. The van der Waals surface area contributed by atoms with Crippen molar-refractivity contribution < 1.29 is 9.53 Å². The molecule has 94 valence electrons. The van der Waals surface area contributed by atoms with E-state index in [0.717, 1.165) is 23.3 Å². The van der Waals surface area contributed by atoms with Crippen LogP contribution in [-0.4, -0.2) is 18.6 Å². The molecule has 2 N–H and O–H groups in total. The van der Waals surface area contributed by atoms with Gasteiger partial charge in [-0.2, -0.15) is 0 Å². The van der Waals surface area contributed by atoms with Crippen molar-refractivity contribution in [1.29, 1.82) is 0 Å². The number of hydrogen-bond donors (Lipinski definition) is 2. The molecular weight excluding hydrogens is 234 g/mol. The lowest BCUT2D eigenvalue weighted by molar-refractivity contribution is -0.145. The predicted octanol–water partition coefficient (Wildman–Crippen LogP) is 2.19. The van der Waals surface area contributed by atoms with E-state index >= 15 is 0 Å². The Balaban J connectivity index is 2.40. The first kappa shape index (κ1) is 14.1. The molecule has 0 aromatic heterocycles. The fourth-order valence-corrected chi connectivity index (χ4v) is 1.54. The molecule has 17 heavy (non-hydrogen) atoms. The van der Waals surface area contributed by atoms with E-state index in [1.807, 2.05) is 31.2 Å². The van der Waals surface area contributed by atoms with E-state index in [9.17, 15) is 4.79 Å². The van der Waals surface area contributed by atoms with Crippen LogP contribution in [-0.2, 0) is 16.0 Å². The molecule has 0 unspecified atom stereocenters. The number of nitrogens with two attached hydrogens (primary N) is 1. The minimum atomic E-state index is -0.586. The monoisotopic (exact) mass is 253 g/mol. The number of rotatable bonds is 6. The van der Waals surface area contributed by atoms with Crippen molar-refractivity contribution in [3.63, 3.8) is 0 Å². The average molecular weight is 253 g/mol. The van der Waals surface area contributed by atoms with Gasteiger partial charge in [0.05, 0.1) is 6.61 Å². The van der Waals surface area contributed by atoms with Crippen LogP contribution in [0.25, 0.3) is 0 Å². The SMILES string of the molecule is CCCCOC(=O)[C@@H](N)Cc1ccc(S)cc1. The summed E-state index contributed by atoms with van der Waals surface area (Å²) >= 11 is 4.20. The molecule has 0 radical (unpaired) electrons. The van der Waals surface area contributed by atoms with Gasteiger partial charge in [0.15, 0.2) is 0 Å². The molecule has 0 aliphatic carbocycles. The second kappa shape index (κ2) is 7.35. The maximum Gasteiger partial charge on any atom is 0.323 e. The van der Waals surface area contributed by atoms with E-state index < -0.39 is 6.04 Å². The molecule has 0 aliphatic rings. The van der Waals surface area contributed by atoms with Crippen LogP contribution < -0.4 is 5.73 Å². The molecular formula is C13H19NO2S. The molecule has 1 aromatic rings. The zero-order valence-corrected chi connectivity index (χ0v) is 11.0. The van der Waals surface area contributed by atoms with E-state index in [1.165, 1.54) is 0 Å². The molecule has 0 bridgehead atoms. The average Bonchev–Trinajstić information content (AvgIpc) is 2.32. The Morgan fingerprint density at radius 1 is 1.41 bits per heavy atom. The fourth-order valence-electron chi connectivity index (χ4n) is 1.39. The van der Waals surface area contributed by atoms with Crippen LogP contribution in [0, 0.1) is 0 Å². The summed E-state index contributed by atoms with van der Waals surface area (Å²) in [7, 11) is 0. The van der Waals surface area contributed by atoms with Crippen molar-refractivity contribution in [2.75, 3.05) is 6.61 Å². The molecule has 1 atom stereocenters. The van der Waals surface area contributed by atoms with E-state index in [1.54, 1.807) is 0 Å².